The molecule has 5 nitrogen and oxygen atoms in total. The summed E-state index contributed by atoms with van der Waals surface area (Å²) in [5, 5.41) is 17.5. The Morgan fingerprint density at radius 3 is 2.77 bits per heavy atom. The molecular formula is C17H23N3O2. The SMILES string of the molecule is O=C(C1=C[C@@H]2CCCC[C@H]12)N1CCC(O)(c2ccn[nH]2)CC1. The molecule has 0 unspecified atom stereocenters. The van der Waals surface area contributed by atoms with Gasteiger partial charge in [0.2, 0.25) is 5.91 Å². The summed E-state index contributed by atoms with van der Waals surface area (Å²) in [5.74, 6) is 1.36. The quantitative estimate of drug-likeness (QED) is 0.877. The first-order valence-corrected chi connectivity index (χ1v) is 8.41. The molecule has 22 heavy (non-hydrogen) atoms. The van der Waals surface area contributed by atoms with Gasteiger partial charge in [-0.2, -0.15) is 5.10 Å². The lowest BCUT2D eigenvalue weighted by molar-refractivity contribution is -0.133. The smallest absolute Gasteiger partial charge is 0.249 e. The number of aromatic nitrogens is 2. The summed E-state index contributed by atoms with van der Waals surface area (Å²) in [5.41, 5.74) is 0.931. The molecule has 1 saturated heterocycles. The van der Waals surface area contributed by atoms with E-state index in [-0.39, 0.29) is 5.91 Å². The Bertz CT molecular complexity index is 585. The highest BCUT2D eigenvalue weighted by Crippen LogP contribution is 2.45. The highest BCUT2D eigenvalue weighted by atomic mass is 16.3. The number of likely N-dealkylation sites (tertiary alicyclic amines) is 1. The van der Waals surface area contributed by atoms with Crippen LogP contribution in [0.15, 0.2) is 23.9 Å². The number of nitrogens with zero attached hydrogens (tertiary/aromatic N) is 2. The fourth-order valence-electron chi connectivity index (χ4n) is 4.26. The van der Waals surface area contributed by atoms with Crippen molar-refractivity contribution in [3.05, 3.63) is 29.6 Å². The van der Waals surface area contributed by atoms with Crippen molar-refractivity contribution in [3.63, 3.8) is 0 Å². The average Bonchev–Trinajstić information content (AvgIpc) is 3.04. The summed E-state index contributed by atoms with van der Waals surface area (Å²) in [6.07, 6.45) is 9.99. The lowest BCUT2D eigenvalue weighted by Crippen LogP contribution is -2.48. The van der Waals surface area contributed by atoms with Gasteiger partial charge in [-0.25, -0.2) is 0 Å². The van der Waals surface area contributed by atoms with E-state index in [1.807, 2.05) is 11.0 Å². The second kappa shape index (κ2) is 5.23. The molecule has 5 heteroatoms. The third-order valence-electron chi connectivity index (χ3n) is 5.74. The Morgan fingerprint density at radius 1 is 1.32 bits per heavy atom. The molecule has 3 aliphatic rings. The van der Waals surface area contributed by atoms with Crippen LogP contribution in [0.5, 0.6) is 0 Å². The summed E-state index contributed by atoms with van der Waals surface area (Å²) in [6, 6.07) is 1.82. The topological polar surface area (TPSA) is 69.2 Å². The zero-order valence-electron chi connectivity index (χ0n) is 12.8. The predicted octanol–water partition coefficient (Wildman–Crippen LogP) is 1.97. The minimum absolute atomic E-state index is 0.204. The molecule has 1 aromatic rings. The van der Waals surface area contributed by atoms with Crippen LogP contribution >= 0.6 is 0 Å². The second-order valence-electron chi connectivity index (χ2n) is 6.97. The first kappa shape index (κ1) is 14.0. The maximum absolute atomic E-state index is 12.7. The maximum atomic E-state index is 12.7. The van der Waals surface area contributed by atoms with Crippen LogP contribution in [0.4, 0.5) is 0 Å². The number of amides is 1. The van der Waals surface area contributed by atoms with Crippen molar-refractivity contribution in [3.8, 4) is 0 Å². The molecular weight excluding hydrogens is 278 g/mol. The highest BCUT2D eigenvalue weighted by molar-refractivity contribution is 5.95. The van der Waals surface area contributed by atoms with E-state index in [4.69, 9.17) is 0 Å². The van der Waals surface area contributed by atoms with Gasteiger partial charge >= 0.3 is 0 Å². The van der Waals surface area contributed by atoms with E-state index in [0.717, 1.165) is 11.3 Å². The van der Waals surface area contributed by atoms with Gasteiger partial charge in [-0.05, 0) is 43.6 Å². The minimum Gasteiger partial charge on any atom is -0.383 e. The molecule has 2 fully saturated rings. The Morgan fingerprint density at radius 2 is 2.09 bits per heavy atom. The van der Waals surface area contributed by atoms with Crippen LogP contribution < -0.4 is 0 Å². The monoisotopic (exact) mass is 301 g/mol. The first-order valence-electron chi connectivity index (χ1n) is 8.41. The van der Waals surface area contributed by atoms with E-state index >= 15 is 0 Å². The third-order valence-corrected chi connectivity index (χ3v) is 5.74. The summed E-state index contributed by atoms with van der Waals surface area (Å²) in [7, 11) is 0. The standard InChI is InChI=1S/C17H23N3O2/c21-16(14-11-12-3-1-2-4-13(12)14)20-9-6-17(22,7-10-20)15-5-8-18-19-15/h5,8,11-13,22H,1-4,6-7,9-10H2,(H,18,19)/t12-,13-/m0/s1. The van der Waals surface area contributed by atoms with Gasteiger partial charge in [-0.15, -0.1) is 0 Å². The number of aromatic amines is 1. The fraction of sp³-hybridized carbons (Fsp3) is 0.647. The van der Waals surface area contributed by atoms with Crippen LogP contribution in [-0.4, -0.2) is 39.2 Å². The maximum Gasteiger partial charge on any atom is 0.249 e. The van der Waals surface area contributed by atoms with Crippen LogP contribution in [0, 0.1) is 11.8 Å². The largest absolute Gasteiger partial charge is 0.383 e. The highest BCUT2D eigenvalue weighted by Gasteiger charge is 2.42. The Balaban J connectivity index is 1.41. The summed E-state index contributed by atoms with van der Waals surface area (Å²) in [4.78, 5) is 14.6. The second-order valence-corrected chi connectivity index (χ2v) is 6.97. The third kappa shape index (κ3) is 2.19. The molecule has 0 radical (unpaired) electrons. The first-order chi connectivity index (χ1) is 10.7. The van der Waals surface area contributed by atoms with Gasteiger partial charge in [0.15, 0.2) is 0 Å². The summed E-state index contributed by atoms with van der Waals surface area (Å²) >= 11 is 0. The Hall–Kier alpha value is -1.62. The predicted molar refractivity (Wildman–Crippen MR) is 81.8 cm³/mol. The van der Waals surface area contributed by atoms with Gasteiger partial charge < -0.3 is 10.0 Å². The van der Waals surface area contributed by atoms with Gasteiger partial charge in [0.1, 0.15) is 5.60 Å². The molecule has 0 spiro atoms. The molecule has 1 aromatic heterocycles. The van der Waals surface area contributed by atoms with Crippen molar-refractivity contribution >= 4 is 5.91 Å². The molecule has 1 saturated carbocycles. The van der Waals surface area contributed by atoms with E-state index in [1.165, 1.54) is 25.7 Å². The zero-order valence-corrected chi connectivity index (χ0v) is 12.8. The van der Waals surface area contributed by atoms with E-state index < -0.39 is 5.60 Å². The summed E-state index contributed by atoms with van der Waals surface area (Å²) < 4.78 is 0. The van der Waals surface area contributed by atoms with Gasteiger partial charge in [0.25, 0.3) is 0 Å². The van der Waals surface area contributed by atoms with Gasteiger partial charge in [-0.1, -0.05) is 18.9 Å². The van der Waals surface area contributed by atoms with Crippen molar-refractivity contribution in [1.82, 2.24) is 15.1 Å². The minimum atomic E-state index is -0.866. The van der Waals surface area contributed by atoms with Gasteiger partial charge in [0, 0.05) is 24.9 Å². The lowest BCUT2D eigenvalue weighted by atomic mass is 9.66. The number of nitrogens with one attached hydrogen (secondary N) is 1. The van der Waals surface area contributed by atoms with Crippen molar-refractivity contribution in [2.75, 3.05) is 13.1 Å². The number of carbonyl (C=O) groups excluding carboxylic acids is 1. The van der Waals surface area contributed by atoms with Gasteiger partial charge in [0.05, 0.1) is 5.69 Å². The van der Waals surface area contributed by atoms with Crippen molar-refractivity contribution < 1.29 is 9.90 Å². The van der Waals surface area contributed by atoms with Gasteiger partial charge in [-0.3, -0.25) is 9.89 Å². The van der Waals surface area contributed by atoms with E-state index in [1.54, 1.807) is 6.20 Å². The Labute approximate surface area is 130 Å². The van der Waals surface area contributed by atoms with Crippen LogP contribution in [0.25, 0.3) is 0 Å². The number of carbonyl (C=O) groups is 1. The number of fused-ring (bicyclic) bond motifs is 1. The number of allylic oxidation sites excluding steroid dienone is 1. The van der Waals surface area contributed by atoms with E-state index in [9.17, 15) is 9.90 Å². The van der Waals surface area contributed by atoms with E-state index in [0.29, 0.717) is 37.8 Å². The number of H-pyrrole nitrogens is 1. The number of piperidine rings is 1. The molecule has 2 atom stereocenters. The molecule has 0 bridgehead atoms. The molecule has 2 N–H and O–H groups in total. The molecule has 118 valence electrons. The number of hydrogen-bond acceptors (Lipinski definition) is 3. The average molecular weight is 301 g/mol. The van der Waals surface area contributed by atoms with Crippen molar-refractivity contribution in [1.29, 1.82) is 0 Å². The normalized spacial score (nSPS) is 30.2. The van der Waals surface area contributed by atoms with Crippen molar-refractivity contribution in [2.24, 2.45) is 11.8 Å². The molecule has 1 aliphatic heterocycles. The molecule has 0 aromatic carbocycles. The van der Waals surface area contributed by atoms with Crippen LogP contribution in [0.3, 0.4) is 0 Å². The summed E-state index contributed by atoms with van der Waals surface area (Å²) in [6.45, 7) is 1.23. The van der Waals surface area contributed by atoms with Crippen LogP contribution in [0.1, 0.15) is 44.2 Å². The van der Waals surface area contributed by atoms with Crippen LogP contribution in [0.2, 0.25) is 0 Å². The molecule has 1 amide bonds. The molecule has 4 rings (SSSR count). The number of rotatable bonds is 2. The van der Waals surface area contributed by atoms with Crippen molar-refractivity contribution in [2.45, 2.75) is 44.1 Å². The Kier molecular flexibility index (Phi) is 3.33. The van der Waals surface area contributed by atoms with E-state index in [2.05, 4.69) is 16.3 Å². The fourth-order valence-corrected chi connectivity index (χ4v) is 4.26. The van der Waals surface area contributed by atoms with Crippen LogP contribution in [-0.2, 0) is 10.4 Å². The number of hydrogen-bond donors (Lipinski definition) is 2. The zero-order chi connectivity index (χ0) is 15.2. The molecule has 2 aliphatic carbocycles. The molecule has 2 heterocycles. The lowest BCUT2D eigenvalue weighted by Gasteiger charge is -2.43. The number of aliphatic hydroxyl groups is 1.